The van der Waals surface area contributed by atoms with E-state index in [2.05, 4.69) is 10.1 Å². The van der Waals surface area contributed by atoms with Gasteiger partial charge in [0.15, 0.2) is 6.10 Å². The number of benzene rings is 1. The zero-order chi connectivity index (χ0) is 14.3. The van der Waals surface area contributed by atoms with Gasteiger partial charge in [-0.1, -0.05) is 18.2 Å². The normalized spacial score (nSPS) is 13.3. The average molecular weight is 277 g/mol. The molecule has 0 radical (unpaired) electrons. The molecular formula is C13H18F3NO2. The van der Waals surface area contributed by atoms with Gasteiger partial charge in [0.2, 0.25) is 0 Å². The Hall–Kier alpha value is -1.27. The van der Waals surface area contributed by atoms with E-state index in [1.807, 2.05) is 25.2 Å². The molecule has 1 rings (SSSR count). The molecule has 0 bridgehead atoms. The number of nitrogens with one attached hydrogen (secondary N) is 1. The molecule has 0 aliphatic rings. The largest absolute Gasteiger partial charge is 0.491 e. The van der Waals surface area contributed by atoms with Gasteiger partial charge >= 0.3 is 6.18 Å². The summed E-state index contributed by atoms with van der Waals surface area (Å²) in [6.07, 6.45) is -6.10. The summed E-state index contributed by atoms with van der Waals surface area (Å²) in [5, 5.41) is 2.99. The highest BCUT2D eigenvalue weighted by molar-refractivity contribution is 5.33. The number of ether oxygens (including phenoxy) is 2. The molecule has 1 unspecified atom stereocenters. The van der Waals surface area contributed by atoms with Gasteiger partial charge in [-0.2, -0.15) is 13.2 Å². The van der Waals surface area contributed by atoms with Crippen molar-refractivity contribution >= 4 is 0 Å². The Labute approximate surface area is 110 Å². The van der Waals surface area contributed by atoms with Gasteiger partial charge in [0.05, 0.1) is 6.61 Å². The molecule has 108 valence electrons. The van der Waals surface area contributed by atoms with Crippen molar-refractivity contribution in [2.45, 2.75) is 25.7 Å². The van der Waals surface area contributed by atoms with Crippen molar-refractivity contribution in [3.05, 3.63) is 29.8 Å². The molecular weight excluding hydrogens is 259 g/mol. The predicted octanol–water partition coefficient (Wildman–Crippen LogP) is 2.75. The van der Waals surface area contributed by atoms with Crippen LogP contribution >= 0.6 is 0 Å². The van der Waals surface area contributed by atoms with Crippen molar-refractivity contribution in [3.63, 3.8) is 0 Å². The Morgan fingerprint density at radius 2 is 1.89 bits per heavy atom. The van der Waals surface area contributed by atoms with E-state index in [9.17, 15) is 13.2 Å². The zero-order valence-corrected chi connectivity index (χ0v) is 11.0. The number of rotatable bonds is 7. The van der Waals surface area contributed by atoms with Gasteiger partial charge < -0.3 is 14.8 Å². The molecule has 0 aliphatic carbocycles. The third-order valence-corrected chi connectivity index (χ3v) is 2.51. The number of halogens is 3. The lowest BCUT2D eigenvalue weighted by Gasteiger charge is -2.17. The van der Waals surface area contributed by atoms with Crippen LogP contribution in [0.25, 0.3) is 0 Å². The highest BCUT2D eigenvalue weighted by Crippen LogP contribution is 2.22. The monoisotopic (exact) mass is 277 g/mol. The number of hydrogen-bond donors (Lipinski definition) is 1. The van der Waals surface area contributed by atoms with Crippen molar-refractivity contribution < 1.29 is 22.6 Å². The van der Waals surface area contributed by atoms with Gasteiger partial charge in [0, 0.05) is 12.1 Å². The molecule has 6 heteroatoms. The minimum absolute atomic E-state index is 0.0845. The maximum Gasteiger partial charge on any atom is 0.414 e. The summed E-state index contributed by atoms with van der Waals surface area (Å²) in [5.74, 6) is 0.653. The highest BCUT2D eigenvalue weighted by Gasteiger charge is 2.36. The Morgan fingerprint density at radius 1 is 1.21 bits per heavy atom. The molecule has 1 N–H and O–H groups in total. The second kappa shape index (κ2) is 7.35. The lowest BCUT2D eigenvalue weighted by molar-refractivity contribution is -0.215. The second-order valence-corrected chi connectivity index (χ2v) is 4.04. The summed E-state index contributed by atoms with van der Waals surface area (Å²) in [6.45, 7) is 1.60. The maximum atomic E-state index is 12.2. The van der Waals surface area contributed by atoms with E-state index in [-0.39, 0.29) is 13.2 Å². The number of alkyl halides is 3. The van der Waals surface area contributed by atoms with E-state index < -0.39 is 12.3 Å². The van der Waals surface area contributed by atoms with Gasteiger partial charge in [-0.25, -0.2) is 0 Å². The van der Waals surface area contributed by atoms with Crippen molar-refractivity contribution in [2.24, 2.45) is 0 Å². The molecule has 0 fully saturated rings. The Morgan fingerprint density at radius 3 is 2.53 bits per heavy atom. The summed E-state index contributed by atoms with van der Waals surface area (Å²) >= 11 is 0. The van der Waals surface area contributed by atoms with Crippen molar-refractivity contribution in [2.75, 3.05) is 20.3 Å². The molecule has 0 saturated heterocycles. The van der Waals surface area contributed by atoms with Crippen LogP contribution in [0.3, 0.4) is 0 Å². The minimum atomic E-state index is -4.33. The van der Waals surface area contributed by atoms with Gasteiger partial charge in [0.25, 0.3) is 0 Å². The van der Waals surface area contributed by atoms with E-state index in [1.165, 1.54) is 0 Å². The average Bonchev–Trinajstić information content (AvgIpc) is 2.35. The van der Waals surface area contributed by atoms with E-state index in [0.29, 0.717) is 12.3 Å². The maximum absolute atomic E-state index is 12.2. The van der Waals surface area contributed by atoms with Crippen LogP contribution in [0.4, 0.5) is 13.2 Å². The van der Waals surface area contributed by atoms with Crippen molar-refractivity contribution in [1.29, 1.82) is 0 Å². The Kier molecular flexibility index (Phi) is 6.11. The molecule has 1 atom stereocenters. The van der Waals surface area contributed by atoms with E-state index in [0.717, 1.165) is 12.5 Å². The third-order valence-electron chi connectivity index (χ3n) is 2.51. The van der Waals surface area contributed by atoms with Crippen LogP contribution in [-0.4, -0.2) is 32.5 Å². The minimum Gasteiger partial charge on any atom is -0.491 e. The Bertz CT molecular complexity index is 382. The molecule has 0 heterocycles. The summed E-state index contributed by atoms with van der Waals surface area (Å²) in [4.78, 5) is 0. The molecule has 0 aliphatic heterocycles. The lowest BCUT2D eigenvalue weighted by Crippen LogP contribution is -2.30. The molecule has 1 aromatic rings. The summed E-state index contributed by atoms with van der Waals surface area (Å²) < 4.78 is 46.7. The molecule has 0 spiro atoms. The van der Waals surface area contributed by atoms with Crippen LogP contribution in [0.1, 0.15) is 12.5 Å². The van der Waals surface area contributed by atoms with Crippen LogP contribution in [0, 0.1) is 0 Å². The van der Waals surface area contributed by atoms with Gasteiger partial charge in [-0.3, -0.25) is 0 Å². The quantitative estimate of drug-likeness (QED) is 0.777. The lowest BCUT2D eigenvalue weighted by atomic mass is 10.2. The summed E-state index contributed by atoms with van der Waals surface area (Å²) in [7, 11) is 1.81. The van der Waals surface area contributed by atoms with Crippen LogP contribution in [0.2, 0.25) is 0 Å². The van der Waals surface area contributed by atoms with Crippen LogP contribution < -0.4 is 10.1 Å². The van der Waals surface area contributed by atoms with Gasteiger partial charge in [0.1, 0.15) is 12.4 Å². The third kappa shape index (κ3) is 5.48. The molecule has 19 heavy (non-hydrogen) atoms. The van der Waals surface area contributed by atoms with Crippen molar-refractivity contribution in [1.82, 2.24) is 5.32 Å². The van der Waals surface area contributed by atoms with Crippen LogP contribution in [0.5, 0.6) is 5.75 Å². The standard InChI is InChI=1S/C13H18F3NO2/c1-10(13(14,15)16)18-7-8-19-12-6-4-3-5-11(12)9-17-2/h3-6,10,17H,7-9H2,1-2H3. The Balaban J connectivity index is 2.37. The second-order valence-electron chi connectivity index (χ2n) is 4.04. The van der Waals surface area contributed by atoms with Gasteiger partial charge in [-0.05, 0) is 20.0 Å². The summed E-state index contributed by atoms with van der Waals surface area (Å²) in [6, 6.07) is 7.36. The first-order chi connectivity index (χ1) is 8.95. The summed E-state index contributed by atoms with van der Waals surface area (Å²) in [5.41, 5.74) is 0.953. The van der Waals surface area contributed by atoms with Gasteiger partial charge in [-0.15, -0.1) is 0 Å². The smallest absolute Gasteiger partial charge is 0.414 e. The molecule has 1 aromatic carbocycles. The zero-order valence-electron chi connectivity index (χ0n) is 11.0. The molecule has 3 nitrogen and oxygen atoms in total. The fourth-order valence-corrected chi connectivity index (χ4v) is 1.45. The van der Waals surface area contributed by atoms with Crippen LogP contribution in [0.15, 0.2) is 24.3 Å². The molecule has 0 aromatic heterocycles. The van der Waals surface area contributed by atoms with E-state index >= 15 is 0 Å². The fourth-order valence-electron chi connectivity index (χ4n) is 1.45. The predicted molar refractivity (Wildman–Crippen MR) is 66.2 cm³/mol. The first kappa shape index (κ1) is 15.8. The number of para-hydroxylation sites is 1. The van der Waals surface area contributed by atoms with E-state index in [1.54, 1.807) is 6.07 Å². The SMILES string of the molecule is CNCc1ccccc1OCCOC(C)C(F)(F)F. The van der Waals surface area contributed by atoms with E-state index in [4.69, 9.17) is 4.74 Å². The topological polar surface area (TPSA) is 30.5 Å². The first-order valence-electron chi connectivity index (χ1n) is 5.98. The number of hydrogen-bond acceptors (Lipinski definition) is 3. The molecule has 0 saturated carbocycles. The van der Waals surface area contributed by atoms with Crippen molar-refractivity contribution in [3.8, 4) is 5.75 Å². The molecule has 0 amide bonds. The first-order valence-corrected chi connectivity index (χ1v) is 5.98. The van der Waals surface area contributed by atoms with Crippen LogP contribution in [-0.2, 0) is 11.3 Å². The fraction of sp³-hybridized carbons (Fsp3) is 0.538. The highest BCUT2D eigenvalue weighted by atomic mass is 19.4.